The van der Waals surface area contributed by atoms with Crippen molar-refractivity contribution in [3.63, 3.8) is 0 Å². The lowest BCUT2D eigenvalue weighted by Crippen LogP contribution is -2.13. The van der Waals surface area contributed by atoms with Crippen molar-refractivity contribution in [1.29, 1.82) is 5.26 Å². The van der Waals surface area contributed by atoms with Crippen LogP contribution >= 0.6 is 34.4 Å². The lowest BCUT2D eigenvalue weighted by atomic mass is 10.1. The Hall–Kier alpha value is -1.82. The number of ketones is 1. The normalized spacial score (nSPS) is 12.2. The molecule has 0 saturated carbocycles. The van der Waals surface area contributed by atoms with E-state index in [1.165, 1.54) is 34.3 Å². The average Bonchev–Trinajstić information content (AvgIpc) is 3.19. The Bertz CT molecular complexity index is 925. The smallest absolute Gasteiger partial charge is 0.167 e. The van der Waals surface area contributed by atoms with Gasteiger partial charge in [-0.1, -0.05) is 18.7 Å². The minimum atomic E-state index is -0.804. The van der Waals surface area contributed by atoms with E-state index in [0.717, 1.165) is 27.4 Å². The third-order valence-electron chi connectivity index (χ3n) is 3.38. The van der Waals surface area contributed by atoms with Crippen LogP contribution in [-0.2, 0) is 11.2 Å². The van der Waals surface area contributed by atoms with Gasteiger partial charge >= 0.3 is 0 Å². The molecule has 0 aliphatic heterocycles. The second-order valence-electron chi connectivity index (χ2n) is 5.11. The van der Waals surface area contributed by atoms with Crippen LogP contribution in [0.15, 0.2) is 22.8 Å². The number of fused-ring (bicyclic) bond motifs is 1. The molecule has 0 fully saturated rings. The van der Waals surface area contributed by atoms with Crippen LogP contribution in [0.2, 0.25) is 0 Å². The Morgan fingerprint density at radius 1 is 1.46 bits per heavy atom. The van der Waals surface area contributed by atoms with Gasteiger partial charge in [0.1, 0.15) is 21.2 Å². The number of nitrogens with zero attached hydrogens (tertiary/aromatic N) is 4. The molecule has 0 saturated heterocycles. The zero-order chi connectivity index (χ0) is 17.1. The highest BCUT2D eigenvalue weighted by Gasteiger charge is 2.23. The SMILES string of the molecule is CCc1cc2c(SCC(=O)C(C#N)c3nc(C)cs3)ncnc2s1. The maximum absolute atomic E-state index is 12.4. The molecule has 0 aromatic carbocycles. The first kappa shape index (κ1) is 17.0. The lowest BCUT2D eigenvalue weighted by Gasteiger charge is -2.05. The minimum absolute atomic E-state index is 0.144. The molecule has 3 aromatic heterocycles. The molecule has 0 radical (unpaired) electrons. The Labute approximate surface area is 151 Å². The van der Waals surface area contributed by atoms with Crippen LogP contribution in [0.4, 0.5) is 0 Å². The molecule has 0 bridgehead atoms. The third-order valence-corrected chi connectivity index (χ3v) is 6.62. The van der Waals surface area contributed by atoms with Crippen molar-refractivity contribution < 1.29 is 4.79 Å². The van der Waals surface area contributed by atoms with E-state index in [2.05, 4.69) is 34.0 Å². The first-order valence-electron chi connectivity index (χ1n) is 7.33. The second-order valence-corrected chi connectivity index (χ2v) is 8.08. The van der Waals surface area contributed by atoms with Gasteiger partial charge in [-0.3, -0.25) is 4.79 Å². The van der Waals surface area contributed by atoms with Crippen molar-refractivity contribution in [2.75, 3.05) is 5.75 Å². The predicted molar refractivity (Wildman–Crippen MR) is 97.7 cm³/mol. The highest BCUT2D eigenvalue weighted by atomic mass is 32.2. The summed E-state index contributed by atoms with van der Waals surface area (Å²) in [5.41, 5.74) is 0.832. The van der Waals surface area contributed by atoms with Gasteiger partial charge < -0.3 is 0 Å². The molecule has 3 aromatic rings. The van der Waals surface area contributed by atoms with Crippen LogP contribution in [0, 0.1) is 18.3 Å². The molecule has 0 spiro atoms. The quantitative estimate of drug-likeness (QED) is 0.479. The van der Waals surface area contributed by atoms with Crippen LogP contribution in [0.3, 0.4) is 0 Å². The standard InChI is InChI=1S/C16H14N4OS3/c1-3-10-4-11-14(18-8-19-15(11)24-10)23-7-13(21)12(5-17)16-20-9(2)6-22-16/h4,6,8,12H,3,7H2,1-2H3. The summed E-state index contributed by atoms with van der Waals surface area (Å²) >= 11 is 4.36. The fourth-order valence-corrected chi connectivity index (χ4v) is 4.90. The number of thiophene rings is 1. The summed E-state index contributed by atoms with van der Waals surface area (Å²) in [6, 6.07) is 4.15. The highest BCUT2D eigenvalue weighted by Crippen LogP contribution is 2.32. The van der Waals surface area contributed by atoms with Crippen molar-refractivity contribution in [2.45, 2.75) is 31.2 Å². The van der Waals surface area contributed by atoms with Crippen molar-refractivity contribution in [1.82, 2.24) is 15.0 Å². The lowest BCUT2D eigenvalue weighted by molar-refractivity contribution is -0.116. The monoisotopic (exact) mass is 374 g/mol. The molecular weight excluding hydrogens is 360 g/mol. The summed E-state index contributed by atoms with van der Waals surface area (Å²) in [4.78, 5) is 27.5. The van der Waals surface area contributed by atoms with E-state index in [4.69, 9.17) is 0 Å². The minimum Gasteiger partial charge on any atom is -0.297 e. The van der Waals surface area contributed by atoms with E-state index < -0.39 is 5.92 Å². The number of aromatic nitrogens is 3. The maximum Gasteiger partial charge on any atom is 0.167 e. The molecule has 3 heterocycles. The average molecular weight is 375 g/mol. The van der Waals surface area contributed by atoms with Crippen LogP contribution in [0.25, 0.3) is 10.2 Å². The van der Waals surface area contributed by atoms with Gasteiger partial charge in [0.25, 0.3) is 0 Å². The molecule has 1 atom stereocenters. The molecule has 0 aliphatic carbocycles. The Kier molecular flexibility index (Phi) is 5.23. The number of rotatable bonds is 6. The zero-order valence-electron chi connectivity index (χ0n) is 13.1. The van der Waals surface area contributed by atoms with E-state index >= 15 is 0 Å². The van der Waals surface area contributed by atoms with Crippen LogP contribution in [0.1, 0.15) is 28.4 Å². The van der Waals surface area contributed by atoms with Gasteiger partial charge in [0, 0.05) is 21.3 Å². The Morgan fingerprint density at radius 3 is 2.96 bits per heavy atom. The molecule has 0 N–H and O–H groups in total. The van der Waals surface area contributed by atoms with E-state index in [-0.39, 0.29) is 11.5 Å². The van der Waals surface area contributed by atoms with Gasteiger partial charge in [0.15, 0.2) is 11.7 Å². The van der Waals surface area contributed by atoms with E-state index in [1.54, 1.807) is 11.3 Å². The summed E-state index contributed by atoms with van der Waals surface area (Å²) in [6.07, 6.45) is 2.47. The molecule has 1 unspecified atom stereocenters. The van der Waals surface area contributed by atoms with Crippen LogP contribution in [-0.4, -0.2) is 26.5 Å². The second kappa shape index (κ2) is 7.38. The molecule has 122 valence electrons. The first-order chi connectivity index (χ1) is 11.6. The third kappa shape index (κ3) is 3.48. The van der Waals surface area contributed by atoms with Gasteiger partial charge in [-0.05, 0) is 19.4 Å². The van der Waals surface area contributed by atoms with Crippen molar-refractivity contribution >= 4 is 50.4 Å². The number of thioether (sulfide) groups is 1. The molecule has 0 aliphatic rings. The largest absolute Gasteiger partial charge is 0.297 e. The number of aryl methyl sites for hydroxylation is 2. The number of hydrogen-bond donors (Lipinski definition) is 0. The maximum atomic E-state index is 12.4. The van der Waals surface area contributed by atoms with E-state index in [1.807, 2.05) is 12.3 Å². The van der Waals surface area contributed by atoms with Crippen LogP contribution < -0.4 is 0 Å². The molecular formula is C16H14N4OS3. The van der Waals surface area contributed by atoms with E-state index in [0.29, 0.717) is 5.01 Å². The van der Waals surface area contributed by atoms with Gasteiger partial charge in [-0.2, -0.15) is 5.26 Å². The molecule has 0 amide bonds. The van der Waals surface area contributed by atoms with Gasteiger partial charge in [-0.25, -0.2) is 15.0 Å². The molecule has 3 rings (SSSR count). The summed E-state index contributed by atoms with van der Waals surface area (Å²) in [5.74, 6) is -0.753. The summed E-state index contributed by atoms with van der Waals surface area (Å²) in [5, 5.41) is 13.5. The fraction of sp³-hybridized carbons (Fsp3) is 0.312. The number of hydrogen-bond acceptors (Lipinski definition) is 8. The van der Waals surface area contributed by atoms with Gasteiger partial charge in [0.05, 0.1) is 11.8 Å². The summed E-state index contributed by atoms with van der Waals surface area (Å²) in [7, 11) is 0. The number of thiazole rings is 1. The fourth-order valence-electron chi connectivity index (χ4n) is 2.17. The number of Topliss-reactive ketones (excluding diaryl/α,β-unsaturated/α-hetero) is 1. The predicted octanol–water partition coefficient (Wildman–Crippen LogP) is 3.99. The van der Waals surface area contributed by atoms with Crippen molar-refractivity contribution in [3.8, 4) is 6.07 Å². The Morgan fingerprint density at radius 2 is 2.29 bits per heavy atom. The molecule has 5 nitrogen and oxygen atoms in total. The number of carbonyl (C=O) groups excluding carboxylic acids is 1. The number of carbonyl (C=O) groups is 1. The van der Waals surface area contributed by atoms with Crippen LogP contribution in [0.5, 0.6) is 0 Å². The van der Waals surface area contributed by atoms with Crippen molar-refractivity contribution in [3.05, 3.63) is 33.4 Å². The van der Waals surface area contributed by atoms with E-state index in [9.17, 15) is 10.1 Å². The summed E-state index contributed by atoms with van der Waals surface area (Å²) in [6.45, 7) is 3.95. The molecule has 8 heteroatoms. The molecule has 24 heavy (non-hydrogen) atoms. The van der Waals surface area contributed by atoms with Crippen molar-refractivity contribution in [2.24, 2.45) is 0 Å². The summed E-state index contributed by atoms with van der Waals surface area (Å²) < 4.78 is 0. The topological polar surface area (TPSA) is 79.5 Å². The van der Waals surface area contributed by atoms with Gasteiger partial charge in [-0.15, -0.1) is 22.7 Å². The first-order valence-corrected chi connectivity index (χ1v) is 10.0. The number of nitriles is 1. The Balaban J connectivity index is 1.76. The van der Waals surface area contributed by atoms with Gasteiger partial charge in [0.2, 0.25) is 0 Å². The zero-order valence-corrected chi connectivity index (χ0v) is 15.6. The highest BCUT2D eigenvalue weighted by molar-refractivity contribution is 8.00.